The molecule has 0 fully saturated rings. The molecular weight excluding hydrogens is 440 g/mol. The maximum absolute atomic E-state index is 12.5. The minimum absolute atomic E-state index is 0.0724. The second-order valence-electron chi connectivity index (χ2n) is 6.52. The number of hydrogen-bond donors (Lipinski definition) is 1. The maximum atomic E-state index is 12.5. The van der Waals surface area contributed by atoms with Crippen molar-refractivity contribution in [3.8, 4) is 17.4 Å². The van der Waals surface area contributed by atoms with Crippen LogP contribution in [0.15, 0.2) is 58.5 Å². The highest BCUT2D eigenvalue weighted by atomic mass is 35.5. The highest BCUT2D eigenvalue weighted by Gasteiger charge is 2.19. The van der Waals surface area contributed by atoms with Gasteiger partial charge in [0.25, 0.3) is 17.3 Å². The first-order valence-electron chi connectivity index (χ1n) is 8.92. The van der Waals surface area contributed by atoms with Crippen LogP contribution < -0.4 is 5.32 Å². The Morgan fingerprint density at radius 1 is 1.12 bits per heavy atom. The Bertz CT molecular complexity index is 1320. The summed E-state index contributed by atoms with van der Waals surface area (Å²) in [5, 5.41) is 33.8. The van der Waals surface area contributed by atoms with Crippen molar-refractivity contribution in [1.29, 1.82) is 5.26 Å². The number of anilines is 1. The molecule has 1 amide bonds. The molecule has 3 aromatic rings. The van der Waals surface area contributed by atoms with Crippen LogP contribution in [0.5, 0.6) is 0 Å². The van der Waals surface area contributed by atoms with Crippen molar-refractivity contribution in [1.82, 2.24) is 0 Å². The van der Waals surface area contributed by atoms with Gasteiger partial charge in [-0.3, -0.25) is 25.0 Å². The fourth-order valence-corrected chi connectivity index (χ4v) is 3.00. The van der Waals surface area contributed by atoms with Gasteiger partial charge < -0.3 is 9.73 Å². The number of nitro groups is 2. The van der Waals surface area contributed by atoms with Gasteiger partial charge >= 0.3 is 0 Å². The van der Waals surface area contributed by atoms with Crippen molar-refractivity contribution in [2.45, 2.75) is 6.92 Å². The molecule has 0 saturated carbocycles. The maximum Gasteiger partial charge on any atom is 0.280 e. The number of nitrogens with one attached hydrogen (secondary N) is 1. The van der Waals surface area contributed by atoms with Gasteiger partial charge in [-0.1, -0.05) is 17.7 Å². The van der Waals surface area contributed by atoms with Crippen molar-refractivity contribution < 1.29 is 19.1 Å². The van der Waals surface area contributed by atoms with Crippen LogP contribution in [0.4, 0.5) is 17.1 Å². The lowest BCUT2D eigenvalue weighted by Gasteiger charge is -2.06. The Balaban J connectivity index is 1.86. The molecule has 0 unspecified atom stereocenters. The van der Waals surface area contributed by atoms with E-state index in [1.807, 2.05) is 0 Å². The van der Waals surface area contributed by atoms with Gasteiger partial charge in [0.15, 0.2) is 0 Å². The fraction of sp³-hybridized carbons (Fsp3) is 0.0476. The third kappa shape index (κ3) is 4.80. The summed E-state index contributed by atoms with van der Waals surface area (Å²) >= 11 is 5.95. The molecule has 2 aromatic carbocycles. The second-order valence-corrected chi connectivity index (χ2v) is 6.93. The van der Waals surface area contributed by atoms with E-state index < -0.39 is 15.8 Å². The minimum atomic E-state index is -0.817. The average Bonchev–Trinajstić information content (AvgIpc) is 3.21. The number of hydrogen-bond acceptors (Lipinski definition) is 7. The van der Waals surface area contributed by atoms with Crippen molar-refractivity contribution in [2.24, 2.45) is 0 Å². The first kappa shape index (κ1) is 22.2. The van der Waals surface area contributed by atoms with Gasteiger partial charge in [-0.25, -0.2) is 0 Å². The lowest BCUT2D eigenvalue weighted by molar-refractivity contribution is -0.384. The Morgan fingerprint density at radius 3 is 2.50 bits per heavy atom. The molecule has 0 atom stereocenters. The number of carbonyl (C=O) groups excluding carboxylic acids is 1. The number of furan rings is 1. The molecule has 0 aliphatic rings. The number of carbonyl (C=O) groups is 1. The van der Waals surface area contributed by atoms with E-state index >= 15 is 0 Å². The molecule has 1 N–H and O–H groups in total. The number of benzene rings is 2. The van der Waals surface area contributed by atoms with Crippen LogP contribution in [0.3, 0.4) is 0 Å². The van der Waals surface area contributed by atoms with E-state index in [-0.39, 0.29) is 44.7 Å². The molecule has 10 nitrogen and oxygen atoms in total. The monoisotopic (exact) mass is 452 g/mol. The summed E-state index contributed by atoms with van der Waals surface area (Å²) in [4.78, 5) is 33.4. The SMILES string of the molecule is Cc1ccc(-c2ccc(C=C(C#N)C(=O)Nc3ccc([N+](=O)[O-])cc3Cl)o2)c([N+](=O)[O-])c1. The zero-order valence-corrected chi connectivity index (χ0v) is 17.1. The lowest BCUT2D eigenvalue weighted by Crippen LogP contribution is -2.13. The third-order valence-corrected chi connectivity index (χ3v) is 4.62. The van der Waals surface area contributed by atoms with Gasteiger partial charge in [-0.2, -0.15) is 5.26 Å². The molecule has 0 bridgehead atoms. The predicted molar refractivity (Wildman–Crippen MR) is 116 cm³/mol. The summed E-state index contributed by atoms with van der Waals surface area (Å²) in [6, 6.07) is 12.8. The number of rotatable bonds is 6. The van der Waals surface area contributed by atoms with E-state index in [1.165, 1.54) is 24.3 Å². The van der Waals surface area contributed by atoms with Crippen LogP contribution in [-0.4, -0.2) is 15.8 Å². The second kappa shape index (κ2) is 9.11. The first-order valence-corrected chi connectivity index (χ1v) is 9.29. The van der Waals surface area contributed by atoms with Gasteiger partial charge in [-0.05, 0) is 36.8 Å². The Morgan fingerprint density at radius 2 is 1.88 bits per heavy atom. The Kier molecular flexibility index (Phi) is 6.32. The summed E-state index contributed by atoms with van der Waals surface area (Å²) < 4.78 is 5.59. The quantitative estimate of drug-likeness (QED) is 0.231. The number of nitro benzene ring substituents is 2. The molecule has 0 aliphatic heterocycles. The van der Waals surface area contributed by atoms with E-state index in [0.29, 0.717) is 5.56 Å². The van der Waals surface area contributed by atoms with E-state index in [4.69, 9.17) is 16.0 Å². The number of amides is 1. The molecule has 0 saturated heterocycles. The van der Waals surface area contributed by atoms with E-state index in [2.05, 4.69) is 5.32 Å². The summed E-state index contributed by atoms with van der Waals surface area (Å²) in [5.74, 6) is -0.502. The van der Waals surface area contributed by atoms with Crippen LogP contribution in [0, 0.1) is 38.5 Å². The molecule has 11 heteroatoms. The van der Waals surface area contributed by atoms with Crippen molar-refractivity contribution in [2.75, 3.05) is 5.32 Å². The molecule has 0 spiro atoms. The normalized spacial score (nSPS) is 11.0. The first-order chi connectivity index (χ1) is 15.2. The van der Waals surface area contributed by atoms with Crippen LogP contribution in [0.1, 0.15) is 11.3 Å². The Hall–Kier alpha value is -4.49. The predicted octanol–water partition coefficient (Wildman–Crippen LogP) is 5.27. The van der Waals surface area contributed by atoms with Crippen molar-refractivity contribution in [3.63, 3.8) is 0 Å². The molecule has 1 aromatic heterocycles. The van der Waals surface area contributed by atoms with E-state index in [0.717, 1.165) is 18.2 Å². The van der Waals surface area contributed by atoms with Crippen LogP contribution >= 0.6 is 11.6 Å². The molecule has 160 valence electrons. The van der Waals surface area contributed by atoms with Gasteiger partial charge in [0.2, 0.25) is 0 Å². The van der Waals surface area contributed by atoms with Crippen LogP contribution in [-0.2, 0) is 4.79 Å². The topological polar surface area (TPSA) is 152 Å². The molecule has 1 heterocycles. The third-order valence-electron chi connectivity index (χ3n) is 4.31. The number of aryl methyl sites for hydroxylation is 1. The highest BCUT2D eigenvalue weighted by Crippen LogP contribution is 2.32. The lowest BCUT2D eigenvalue weighted by atomic mass is 10.1. The summed E-state index contributed by atoms with van der Waals surface area (Å²) in [6.07, 6.45) is 1.16. The summed E-state index contributed by atoms with van der Waals surface area (Å²) in [5.41, 5.74) is 0.317. The highest BCUT2D eigenvalue weighted by molar-refractivity contribution is 6.34. The smallest absolute Gasteiger partial charge is 0.280 e. The molecule has 3 rings (SSSR count). The summed E-state index contributed by atoms with van der Waals surface area (Å²) in [6.45, 7) is 1.72. The zero-order valence-electron chi connectivity index (χ0n) is 16.4. The van der Waals surface area contributed by atoms with E-state index in [9.17, 15) is 30.3 Å². The van der Waals surface area contributed by atoms with Crippen LogP contribution in [0.2, 0.25) is 5.02 Å². The standard InChI is InChI=1S/C21H13ClN4O6/c1-12-2-5-16(19(8-12)26(30)31)20-7-4-15(32-20)9-13(11-23)21(27)24-18-6-3-14(25(28)29)10-17(18)22/h2-10H,1H3,(H,24,27). The van der Waals surface area contributed by atoms with Gasteiger partial charge in [-0.15, -0.1) is 0 Å². The molecular formula is C21H13ClN4O6. The minimum Gasteiger partial charge on any atom is -0.456 e. The number of nitriles is 1. The molecule has 0 aliphatic carbocycles. The van der Waals surface area contributed by atoms with Gasteiger partial charge in [0, 0.05) is 24.3 Å². The number of non-ortho nitro benzene ring substituents is 1. The molecule has 32 heavy (non-hydrogen) atoms. The van der Waals surface area contributed by atoms with Crippen LogP contribution in [0.25, 0.3) is 17.4 Å². The summed E-state index contributed by atoms with van der Waals surface area (Å²) in [7, 11) is 0. The fourth-order valence-electron chi connectivity index (χ4n) is 2.78. The van der Waals surface area contributed by atoms with Gasteiger partial charge in [0.1, 0.15) is 23.2 Å². The number of nitrogens with zero attached hydrogens (tertiary/aromatic N) is 3. The Labute approximate surface area is 185 Å². The molecule has 0 radical (unpaired) electrons. The average molecular weight is 453 g/mol. The zero-order chi connectivity index (χ0) is 23.4. The number of halogens is 1. The largest absolute Gasteiger partial charge is 0.456 e. The van der Waals surface area contributed by atoms with E-state index in [1.54, 1.807) is 25.1 Å². The van der Waals surface area contributed by atoms with Crippen molar-refractivity contribution in [3.05, 3.63) is 90.7 Å². The van der Waals surface area contributed by atoms with Gasteiger partial charge in [0.05, 0.1) is 26.1 Å². The van der Waals surface area contributed by atoms with Crippen molar-refractivity contribution >= 4 is 40.6 Å².